The highest BCUT2D eigenvalue weighted by molar-refractivity contribution is 6.28. The highest BCUT2D eigenvalue weighted by Crippen LogP contribution is 2.34. The van der Waals surface area contributed by atoms with Gasteiger partial charge in [0.1, 0.15) is 0 Å². The molecular formula is C20H16ClN3O. The average Bonchev–Trinajstić information content (AvgIpc) is 2.60. The van der Waals surface area contributed by atoms with E-state index in [1.54, 1.807) is 0 Å². The summed E-state index contributed by atoms with van der Waals surface area (Å²) in [5, 5.41) is 4.66. The zero-order valence-corrected chi connectivity index (χ0v) is 14.7. The summed E-state index contributed by atoms with van der Waals surface area (Å²) in [4.78, 5) is 12.9. The van der Waals surface area contributed by atoms with Crippen molar-refractivity contribution in [1.29, 1.82) is 0 Å². The lowest BCUT2D eigenvalue weighted by atomic mass is 9.97. The van der Waals surface area contributed by atoms with Gasteiger partial charge in [0, 0.05) is 5.56 Å². The monoisotopic (exact) mass is 349 g/mol. The standard InChI is InChI=1S/C20H16ClN3O/c1-12(2)25-20-23-18(22-19(21)24-20)17-11-13-7-3-4-8-14(13)15-9-5-6-10-16(15)17/h3-12H,1-2H3. The first-order chi connectivity index (χ1) is 12.1. The Hall–Kier alpha value is -2.72. The molecule has 0 aliphatic heterocycles. The molecule has 0 saturated carbocycles. The molecule has 1 heterocycles. The van der Waals surface area contributed by atoms with E-state index in [2.05, 4.69) is 45.3 Å². The van der Waals surface area contributed by atoms with Crippen molar-refractivity contribution in [3.63, 3.8) is 0 Å². The van der Waals surface area contributed by atoms with Gasteiger partial charge < -0.3 is 4.74 Å². The molecular weight excluding hydrogens is 334 g/mol. The number of nitrogens with zero attached hydrogens (tertiary/aromatic N) is 3. The first-order valence-corrected chi connectivity index (χ1v) is 8.49. The molecule has 0 aliphatic rings. The minimum atomic E-state index is -0.0420. The number of aromatic nitrogens is 3. The lowest BCUT2D eigenvalue weighted by Gasteiger charge is -2.12. The van der Waals surface area contributed by atoms with Crippen LogP contribution in [0, 0.1) is 0 Å². The number of halogens is 1. The molecule has 1 aromatic heterocycles. The van der Waals surface area contributed by atoms with Crippen molar-refractivity contribution < 1.29 is 4.74 Å². The fraction of sp³-hybridized carbons (Fsp3) is 0.150. The molecule has 0 bridgehead atoms. The van der Waals surface area contributed by atoms with Gasteiger partial charge in [0.2, 0.25) is 5.28 Å². The number of benzene rings is 3. The van der Waals surface area contributed by atoms with Crippen LogP contribution in [0.15, 0.2) is 54.6 Å². The van der Waals surface area contributed by atoms with Crippen LogP contribution in [0.1, 0.15) is 13.8 Å². The number of hydrogen-bond acceptors (Lipinski definition) is 4. The van der Waals surface area contributed by atoms with Crippen LogP contribution in [0.3, 0.4) is 0 Å². The molecule has 0 N–H and O–H groups in total. The third kappa shape index (κ3) is 3.01. The van der Waals surface area contributed by atoms with Gasteiger partial charge in [0.25, 0.3) is 0 Å². The molecule has 124 valence electrons. The molecule has 3 aromatic carbocycles. The van der Waals surface area contributed by atoms with Gasteiger partial charge in [-0.15, -0.1) is 0 Å². The Morgan fingerprint density at radius 1 is 0.840 bits per heavy atom. The lowest BCUT2D eigenvalue weighted by Crippen LogP contribution is -2.09. The van der Waals surface area contributed by atoms with Gasteiger partial charge in [-0.25, -0.2) is 0 Å². The quantitative estimate of drug-likeness (QED) is 0.472. The molecule has 0 atom stereocenters. The van der Waals surface area contributed by atoms with E-state index in [-0.39, 0.29) is 17.4 Å². The number of rotatable bonds is 3. The van der Waals surface area contributed by atoms with Crippen LogP contribution in [0.25, 0.3) is 32.9 Å². The summed E-state index contributed by atoms with van der Waals surface area (Å²) in [7, 11) is 0. The summed E-state index contributed by atoms with van der Waals surface area (Å²) >= 11 is 6.11. The van der Waals surface area contributed by atoms with Crippen LogP contribution >= 0.6 is 11.6 Å². The second-order valence-electron chi connectivity index (χ2n) is 6.07. The van der Waals surface area contributed by atoms with Crippen molar-refractivity contribution in [3.8, 4) is 17.4 Å². The Morgan fingerprint density at radius 3 is 2.28 bits per heavy atom. The third-order valence-corrected chi connectivity index (χ3v) is 4.11. The van der Waals surface area contributed by atoms with Crippen molar-refractivity contribution in [2.45, 2.75) is 20.0 Å². The van der Waals surface area contributed by atoms with Crippen molar-refractivity contribution >= 4 is 33.1 Å². The second kappa shape index (κ2) is 6.30. The fourth-order valence-corrected chi connectivity index (χ4v) is 3.11. The van der Waals surface area contributed by atoms with Crippen LogP contribution in [0.5, 0.6) is 6.01 Å². The number of hydrogen-bond donors (Lipinski definition) is 0. The van der Waals surface area contributed by atoms with Crippen LogP contribution in [0.4, 0.5) is 0 Å². The Morgan fingerprint density at radius 2 is 1.52 bits per heavy atom. The Labute approximate surface area is 150 Å². The fourth-order valence-electron chi connectivity index (χ4n) is 2.96. The zero-order valence-electron chi connectivity index (χ0n) is 13.9. The van der Waals surface area contributed by atoms with E-state index in [1.807, 2.05) is 38.1 Å². The number of fused-ring (bicyclic) bond motifs is 3. The molecule has 0 fully saturated rings. The van der Waals surface area contributed by atoms with Crippen LogP contribution in [-0.2, 0) is 0 Å². The lowest BCUT2D eigenvalue weighted by molar-refractivity contribution is 0.222. The molecule has 0 aliphatic carbocycles. The molecule has 4 nitrogen and oxygen atoms in total. The Kier molecular flexibility index (Phi) is 3.98. The van der Waals surface area contributed by atoms with Crippen molar-refractivity contribution in [2.24, 2.45) is 0 Å². The normalized spacial score (nSPS) is 11.4. The van der Waals surface area contributed by atoms with E-state index in [9.17, 15) is 0 Å². The van der Waals surface area contributed by atoms with Gasteiger partial charge in [-0.05, 0) is 53.1 Å². The minimum Gasteiger partial charge on any atom is -0.461 e. The van der Waals surface area contributed by atoms with Gasteiger partial charge in [0.15, 0.2) is 5.82 Å². The highest BCUT2D eigenvalue weighted by atomic mass is 35.5. The summed E-state index contributed by atoms with van der Waals surface area (Å²) in [5.41, 5.74) is 0.909. The molecule has 5 heteroatoms. The van der Waals surface area contributed by atoms with Gasteiger partial charge in [-0.1, -0.05) is 48.5 Å². The van der Waals surface area contributed by atoms with Gasteiger partial charge >= 0.3 is 6.01 Å². The first-order valence-electron chi connectivity index (χ1n) is 8.11. The SMILES string of the molecule is CC(C)Oc1nc(Cl)nc(-c2cc3ccccc3c3ccccc23)n1. The highest BCUT2D eigenvalue weighted by Gasteiger charge is 2.14. The summed E-state index contributed by atoms with van der Waals surface area (Å²) in [6, 6.07) is 18.8. The van der Waals surface area contributed by atoms with Crippen molar-refractivity contribution in [2.75, 3.05) is 0 Å². The van der Waals surface area contributed by atoms with Crippen LogP contribution < -0.4 is 4.74 Å². The van der Waals surface area contributed by atoms with Crippen molar-refractivity contribution in [3.05, 3.63) is 59.9 Å². The smallest absolute Gasteiger partial charge is 0.321 e. The van der Waals surface area contributed by atoms with Crippen LogP contribution in [0.2, 0.25) is 5.28 Å². The van der Waals surface area contributed by atoms with E-state index < -0.39 is 0 Å². The average molecular weight is 350 g/mol. The molecule has 4 rings (SSSR count). The maximum atomic E-state index is 6.11. The molecule has 0 radical (unpaired) electrons. The van der Waals surface area contributed by atoms with Crippen molar-refractivity contribution in [1.82, 2.24) is 15.0 Å². The summed E-state index contributed by atoms with van der Waals surface area (Å²) in [6.45, 7) is 3.84. The largest absolute Gasteiger partial charge is 0.461 e. The van der Waals surface area contributed by atoms with Gasteiger partial charge in [0.05, 0.1) is 6.10 Å². The molecule has 0 saturated heterocycles. The van der Waals surface area contributed by atoms with E-state index in [1.165, 1.54) is 5.39 Å². The molecule has 0 unspecified atom stereocenters. The zero-order chi connectivity index (χ0) is 17.4. The predicted octanol–water partition coefficient (Wildman–Crippen LogP) is 5.29. The topological polar surface area (TPSA) is 47.9 Å². The van der Waals surface area contributed by atoms with Crippen LogP contribution in [-0.4, -0.2) is 21.1 Å². The molecule has 25 heavy (non-hydrogen) atoms. The summed E-state index contributed by atoms with van der Waals surface area (Å²) in [5.74, 6) is 0.512. The Balaban J connectivity index is 2.01. The molecule has 0 amide bonds. The van der Waals surface area contributed by atoms with Gasteiger partial charge in [-0.3, -0.25) is 0 Å². The maximum Gasteiger partial charge on any atom is 0.321 e. The second-order valence-corrected chi connectivity index (χ2v) is 6.41. The van der Waals surface area contributed by atoms with E-state index in [4.69, 9.17) is 16.3 Å². The minimum absolute atomic E-state index is 0.0420. The molecule has 4 aromatic rings. The molecule has 0 spiro atoms. The number of ether oxygens (including phenoxy) is 1. The van der Waals surface area contributed by atoms with Gasteiger partial charge in [-0.2, -0.15) is 15.0 Å². The van der Waals surface area contributed by atoms with E-state index in [0.29, 0.717) is 5.82 Å². The summed E-state index contributed by atoms with van der Waals surface area (Å²) < 4.78 is 5.61. The van der Waals surface area contributed by atoms with E-state index in [0.717, 1.165) is 21.7 Å². The third-order valence-electron chi connectivity index (χ3n) is 3.94. The predicted molar refractivity (Wildman–Crippen MR) is 101 cm³/mol. The first kappa shape index (κ1) is 15.8. The van der Waals surface area contributed by atoms with E-state index >= 15 is 0 Å². The maximum absolute atomic E-state index is 6.11. The summed E-state index contributed by atoms with van der Waals surface area (Å²) in [6.07, 6.45) is -0.0420. The Bertz CT molecular complexity index is 1080.